The van der Waals surface area contributed by atoms with Crippen molar-refractivity contribution < 1.29 is 4.79 Å². The van der Waals surface area contributed by atoms with E-state index in [1.165, 1.54) is 24.1 Å². The molecule has 2 heterocycles. The van der Waals surface area contributed by atoms with E-state index >= 15 is 0 Å². The number of nitrogens with one attached hydrogen (secondary N) is 2. The molecule has 0 atom stereocenters. The van der Waals surface area contributed by atoms with Gasteiger partial charge >= 0.3 is 0 Å². The number of amides is 1. The smallest absolute Gasteiger partial charge is 0.231 e. The number of carbonyl (C=O) groups is 1. The van der Waals surface area contributed by atoms with Crippen molar-refractivity contribution in [1.29, 1.82) is 0 Å². The zero-order valence-corrected chi connectivity index (χ0v) is 15.7. The predicted molar refractivity (Wildman–Crippen MR) is 99.6 cm³/mol. The number of halogens is 1. The maximum atomic E-state index is 13.1. The van der Waals surface area contributed by atoms with E-state index in [4.69, 9.17) is 0 Å². The lowest BCUT2D eigenvalue weighted by molar-refractivity contribution is -0.128. The van der Waals surface area contributed by atoms with Crippen LogP contribution in [0.4, 0.5) is 0 Å². The predicted octanol–water partition coefficient (Wildman–Crippen LogP) is 3.88. The fraction of sp³-hybridized carbons (Fsp3) is 0.722. The Morgan fingerprint density at radius 1 is 1.22 bits per heavy atom. The second-order valence-corrected chi connectivity index (χ2v) is 8.31. The SMILES string of the molecule is CC1(CNC(=O)C2(c3cccs3)CCCCC2)CCNCC1.Cl. The summed E-state index contributed by atoms with van der Waals surface area (Å²) in [7, 11) is 0. The van der Waals surface area contributed by atoms with Crippen LogP contribution in [-0.2, 0) is 10.2 Å². The van der Waals surface area contributed by atoms with Gasteiger partial charge in [-0.3, -0.25) is 4.79 Å². The molecule has 2 aliphatic rings. The van der Waals surface area contributed by atoms with E-state index in [1.54, 1.807) is 11.3 Å². The van der Waals surface area contributed by atoms with Gasteiger partial charge in [-0.15, -0.1) is 23.7 Å². The zero-order chi connectivity index (χ0) is 15.5. The van der Waals surface area contributed by atoms with Gasteiger partial charge in [0.1, 0.15) is 0 Å². The number of thiophene rings is 1. The molecule has 0 spiro atoms. The fourth-order valence-corrected chi connectivity index (χ4v) is 4.94. The highest BCUT2D eigenvalue weighted by molar-refractivity contribution is 7.10. The minimum absolute atomic E-state index is 0. The molecule has 1 amide bonds. The Labute approximate surface area is 150 Å². The van der Waals surface area contributed by atoms with E-state index in [0.29, 0.717) is 0 Å². The van der Waals surface area contributed by atoms with Gasteiger partial charge in [-0.1, -0.05) is 32.3 Å². The topological polar surface area (TPSA) is 41.1 Å². The Hall–Kier alpha value is -0.580. The molecule has 0 bridgehead atoms. The molecule has 3 nitrogen and oxygen atoms in total. The molecule has 1 aromatic rings. The van der Waals surface area contributed by atoms with Crippen LogP contribution in [0, 0.1) is 5.41 Å². The Morgan fingerprint density at radius 2 is 1.91 bits per heavy atom. The van der Waals surface area contributed by atoms with Gasteiger partial charge in [-0.05, 0) is 55.6 Å². The van der Waals surface area contributed by atoms with E-state index in [1.807, 2.05) is 0 Å². The Balaban J connectivity index is 0.00000192. The van der Waals surface area contributed by atoms with Crippen LogP contribution >= 0.6 is 23.7 Å². The molecule has 3 rings (SSSR count). The molecular formula is C18H29ClN2OS. The molecule has 1 aliphatic heterocycles. The lowest BCUT2D eigenvalue weighted by Crippen LogP contribution is -2.49. The van der Waals surface area contributed by atoms with Crippen LogP contribution in [0.1, 0.15) is 56.7 Å². The first-order chi connectivity index (χ1) is 10.6. The monoisotopic (exact) mass is 356 g/mol. The number of piperidine rings is 1. The summed E-state index contributed by atoms with van der Waals surface area (Å²) in [5.74, 6) is 0.273. The van der Waals surface area contributed by atoms with Crippen LogP contribution in [0.25, 0.3) is 0 Å². The highest BCUT2D eigenvalue weighted by Gasteiger charge is 2.42. The van der Waals surface area contributed by atoms with E-state index in [0.717, 1.165) is 45.3 Å². The summed E-state index contributed by atoms with van der Waals surface area (Å²) >= 11 is 1.75. The van der Waals surface area contributed by atoms with Gasteiger partial charge in [-0.25, -0.2) is 0 Å². The van der Waals surface area contributed by atoms with Crippen molar-refractivity contribution >= 4 is 29.7 Å². The molecule has 5 heteroatoms. The van der Waals surface area contributed by atoms with Crippen LogP contribution in [0.5, 0.6) is 0 Å². The van der Waals surface area contributed by atoms with Crippen molar-refractivity contribution in [3.05, 3.63) is 22.4 Å². The summed E-state index contributed by atoms with van der Waals surface area (Å²) in [4.78, 5) is 14.3. The molecule has 1 saturated heterocycles. The fourth-order valence-electron chi connectivity index (χ4n) is 3.96. The van der Waals surface area contributed by atoms with Gasteiger partial charge in [0.15, 0.2) is 0 Å². The molecule has 130 valence electrons. The lowest BCUT2D eigenvalue weighted by atomic mass is 9.72. The number of hydrogen-bond donors (Lipinski definition) is 2. The van der Waals surface area contributed by atoms with Gasteiger partial charge in [0.05, 0.1) is 5.41 Å². The van der Waals surface area contributed by atoms with Gasteiger partial charge in [0, 0.05) is 11.4 Å². The Kier molecular flexibility index (Phi) is 6.52. The maximum Gasteiger partial charge on any atom is 0.231 e. The summed E-state index contributed by atoms with van der Waals surface area (Å²) in [6, 6.07) is 4.24. The molecule has 0 radical (unpaired) electrons. The van der Waals surface area contributed by atoms with Crippen molar-refractivity contribution in [2.45, 2.75) is 57.3 Å². The Morgan fingerprint density at radius 3 is 2.52 bits per heavy atom. The second kappa shape index (κ2) is 8.00. The lowest BCUT2D eigenvalue weighted by Gasteiger charge is -2.38. The summed E-state index contributed by atoms with van der Waals surface area (Å²) < 4.78 is 0. The highest BCUT2D eigenvalue weighted by atomic mass is 35.5. The molecular weight excluding hydrogens is 328 g/mol. The van der Waals surface area contributed by atoms with Crippen molar-refractivity contribution in [3.63, 3.8) is 0 Å². The molecule has 1 saturated carbocycles. The first-order valence-electron chi connectivity index (χ1n) is 8.68. The quantitative estimate of drug-likeness (QED) is 0.859. The second-order valence-electron chi connectivity index (χ2n) is 7.36. The van der Waals surface area contributed by atoms with Crippen LogP contribution < -0.4 is 10.6 Å². The molecule has 23 heavy (non-hydrogen) atoms. The molecule has 0 unspecified atom stereocenters. The third kappa shape index (κ3) is 4.09. The largest absolute Gasteiger partial charge is 0.355 e. The van der Waals surface area contributed by atoms with Crippen LogP contribution in [-0.4, -0.2) is 25.5 Å². The zero-order valence-electron chi connectivity index (χ0n) is 14.0. The van der Waals surface area contributed by atoms with Crippen molar-refractivity contribution in [3.8, 4) is 0 Å². The van der Waals surface area contributed by atoms with E-state index in [2.05, 4.69) is 35.1 Å². The third-order valence-electron chi connectivity index (χ3n) is 5.62. The van der Waals surface area contributed by atoms with Crippen LogP contribution in [0.3, 0.4) is 0 Å². The van der Waals surface area contributed by atoms with E-state index < -0.39 is 0 Å². The van der Waals surface area contributed by atoms with Crippen molar-refractivity contribution in [2.24, 2.45) is 5.41 Å². The van der Waals surface area contributed by atoms with Crippen LogP contribution in [0.2, 0.25) is 0 Å². The molecule has 2 fully saturated rings. The van der Waals surface area contributed by atoms with Gasteiger partial charge in [-0.2, -0.15) is 0 Å². The Bertz CT molecular complexity index is 491. The first kappa shape index (κ1) is 18.8. The van der Waals surface area contributed by atoms with Crippen molar-refractivity contribution in [1.82, 2.24) is 10.6 Å². The van der Waals surface area contributed by atoms with Crippen molar-refractivity contribution in [2.75, 3.05) is 19.6 Å². The molecule has 1 aliphatic carbocycles. The van der Waals surface area contributed by atoms with E-state index in [-0.39, 0.29) is 29.1 Å². The average Bonchev–Trinajstić information content (AvgIpc) is 3.09. The molecule has 0 aromatic carbocycles. The summed E-state index contributed by atoms with van der Waals surface area (Å²) in [6.45, 7) is 5.28. The normalized spacial score (nSPS) is 22.8. The number of rotatable bonds is 4. The third-order valence-corrected chi connectivity index (χ3v) is 6.69. The molecule has 2 N–H and O–H groups in total. The van der Waals surface area contributed by atoms with Gasteiger partial charge in [0.25, 0.3) is 0 Å². The minimum atomic E-state index is -0.254. The summed E-state index contributed by atoms with van der Waals surface area (Å²) in [5, 5.41) is 8.85. The van der Waals surface area contributed by atoms with Crippen LogP contribution in [0.15, 0.2) is 17.5 Å². The van der Waals surface area contributed by atoms with Gasteiger partial charge in [0.2, 0.25) is 5.91 Å². The minimum Gasteiger partial charge on any atom is -0.355 e. The summed E-state index contributed by atoms with van der Waals surface area (Å²) in [6.07, 6.45) is 7.94. The van der Waals surface area contributed by atoms with E-state index in [9.17, 15) is 4.79 Å². The summed E-state index contributed by atoms with van der Waals surface area (Å²) in [5.41, 5.74) is 0.00189. The first-order valence-corrected chi connectivity index (χ1v) is 9.56. The maximum absolute atomic E-state index is 13.1. The highest BCUT2D eigenvalue weighted by Crippen LogP contribution is 2.42. The number of carbonyl (C=O) groups excluding carboxylic acids is 1. The number of hydrogen-bond acceptors (Lipinski definition) is 3. The molecule has 1 aromatic heterocycles. The van der Waals surface area contributed by atoms with Gasteiger partial charge < -0.3 is 10.6 Å². The average molecular weight is 357 g/mol. The standard InChI is InChI=1S/C18H28N2OS.ClH/c1-17(9-11-19-12-10-17)14-20-16(21)18(7-3-2-4-8-18)15-6-5-13-22-15;/h5-6,13,19H,2-4,7-12,14H2,1H3,(H,20,21);1H.